The van der Waals surface area contributed by atoms with Crippen LogP contribution in [0, 0.1) is 12.3 Å². The van der Waals surface area contributed by atoms with Gasteiger partial charge in [0.2, 0.25) is 0 Å². The summed E-state index contributed by atoms with van der Waals surface area (Å²) in [6.07, 6.45) is 1.78. The van der Waals surface area contributed by atoms with Crippen LogP contribution in [0.25, 0.3) is 0 Å². The molecule has 1 atom stereocenters. The fraction of sp³-hybridized carbons (Fsp3) is 0.385. The lowest BCUT2D eigenvalue weighted by atomic mass is 10.0. The molecule has 0 heterocycles. The first kappa shape index (κ1) is 14.2. The molecule has 0 fully saturated rings. The van der Waals surface area contributed by atoms with E-state index in [1.807, 2.05) is 25.1 Å². The molecule has 5 N–H and O–H groups in total. The van der Waals surface area contributed by atoms with E-state index in [0.29, 0.717) is 0 Å². The number of quaternary nitrogens is 1. The van der Waals surface area contributed by atoms with Gasteiger partial charge >= 0.3 is 12.0 Å². The fourth-order valence-electron chi connectivity index (χ4n) is 2.18. The molecule has 0 aliphatic rings. The first-order valence-electron chi connectivity index (χ1n) is 5.95. The first-order valence-corrected chi connectivity index (χ1v) is 5.95. The van der Waals surface area contributed by atoms with Crippen molar-refractivity contribution < 1.29 is 4.79 Å². The van der Waals surface area contributed by atoms with E-state index in [1.165, 1.54) is 0 Å². The van der Waals surface area contributed by atoms with Gasteiger partial charge in [-0.1, -0.05) is 31.5 Å². The highest BCUT2D eigenvalue weighted by Crippen LogP contribution is 2.30. The summed E-state index contributed by atoms with van der Waals surface area (Å²) in [5.41, 5.74) is 13.7. The maximum Gasteiger partial charge on any atom is 0.426 e. The van der Waals surface area contributed by atoms with Gasteiger partial charge in [0.25, 0.3) is 0 Å². The summed E-state index contributed by atoms with van der Waals surface area (Å²) < 4.78 is -0.470. The van der Waals surface area contributed by atoms with Crippen molar-refractivity contribution in [2.75, 3.05) is 7.05 Å². The predicted molar refractivity (Wildman–Crippen MR) is 74.4 cm³/mol. The smallest absolute Gasteiger partial charge is 0.337 e. The van der Waals surface area contributed by atoms with Crippen molar-refractivity contribution in [2.24, 2.45) is 11.5 Å². The summed E-state index contributed by atoms with van der Waals surface area (Å²) in [5.74, 6) is -0.269. The van der Waals surface area contributed by atoms with Crippen LogP contribution in [0.15, 0.2) is 18.2 Å². The molecule has 2 amide bonds. The lowest BCUT2D eigenvalue weighted by Crippen LogP contribution is -2.61. The predicted octanol–water partition coefficient (Wildman–Crippen LogP) is 1.86. The van der Waals surface area contributed by atoms with Crippen LogP contribution in [0.5, 0.6) is 0 Å². The molecule has 0 saturated carbocycles. The lowest BCUT2D eigenvalue weighted by Gasteiger charge is -2.29. The number of rotatable bonds is 3. The van der Waals surface area contributed by atoms with Crippen LogP contribution in [0.2, 0.25) is 0 Å². The zero-order chi connectivity index (χ0) is 13.9. The Morgan fingerprint density at radius 2 is 2.00 bits per heavy atom. The molecule has 1 aromatic carbocycles. The minimum atomic E-state index is -0.644. The number of hydrogen-bond donors (Lipinski definition) is 3. The molecule has 98 valence electrons. The van der Waals surface area contributed by atoms with E-state index < -0.39 is 10.5 Å². The monoisotopic (exact) mass is 249 g/mol. The van der Waals surface area contributed by atoms with Crippen molar-refractivity contribution in [3.8, 4) is 0 Å². The van der Waals surface area contributed by atoms with Crippen LogP contribution >= 0.6 is 0 Å². The first-order chi connectivity index (χ1) is 8.35. The average Bonchev–Trinajstić information content (AvgIpc) is 2.28. The molecule has 1 aromatic rings. The zero-order valence-electron chi connectivity index (χ0n) is 11.2. The summed E-state index contributed by atoms with van der Waals surface area (Å²) in [7, 11) is 1.56. The summed E-state index contributed by atoms with van der Waals surface area (Å²) in [4.78, 5) is 11.7. The van der Waals surface area contributed by atoms with Gasteiger partial charge in [0.05, 0.1) is 7.05 Å². The number of nitrogens with zero attached hydrogens (tertiary/aromatic N) is 1. The largest absolute Gasteiger partial charge is 0.426 e. The van der Waals surface area contributed by atoms with Gasteiger partial charge in [-0.15, -0.1) is 4.48 Å². The van der Waals surface area contributed by atoms with Crippen molar-refractivity contribution in [1.82, 2.24) is 4.48 Å². The number of benzene rings is 1. The third kappa shape index (κ3) is 2.22. The summed E-state index contributed by atoms with van der Waals surface area (Å²) in [6, 6.07) is 5.15. The van der Waals surface area contributed by atoms with E-state index >= 15 is 0 Å². The Bertz CT molecular complexity index is 468. The number of carbonyl (C=O) groups excluding carboxylic acids is 1. The molecule has 5 nitrogen and oxygen atoms in total. The van der Waals surface area contributed by atoms with E-state index in [1.54, 1.807) is 7.05 Å². The lowest BCUT2D eigenvalue weighted by molar-refractivity contribution is 0.234. The van der Waals surface area contributed by atoms with Crippen molar-refractivity contribution in [3.63, 3.8) is 0 Å². The van der Waals surface area contributed by atoms with E-state index in [9.17, 15) is 4.79 Å². The van der Waals surface area contributed by atoms with Gasteiger partial charge in [0, 0.05) is 11.1 Å². The Morgan fingerprint density at radius 1 is 1.39 bits per heavy atom. The maximum atomic E-state index is 11.7. The minimum absolute atomic E-state index is 0.269. The Morgan fingerprint density at radius 3 is 2.44 bits per heavy atom. The number of guanidine groups is 1. The van der Waals surface area contributed by atoms with E-state index in [0.717, 1.165) is 29.7 Å². The van der Waals surface area contributed by atoms with Crippen LogP contribution in [0.1, 0.15) is 24.5 Å². The fourth-order valence-corrected chi connectivity index (χ4v) is 2.18. The maximum absolute atomic E-state index is 11.7. The summed E-state index contributed by atoms with van der Waals surface area (Å²) >= 11 is 0. The Hall–Kier alpha value is -1.88. The molecule has 0 spiro atoms. The number of hydrogen-bond acceptors (Lipinski definition) is 2. The number of nitrogens with one attached hydrogen (secondary N) is 1. The third-order valence-electron chi connectivity index (χ3n) is 3.21. The SMILES string of the molecule is CCCc1cccc(C)c1[N+](C)(C(=N)N)C(N)=O. The Labute approximate surface area is 107 Å². The highest BCUT2D eigenvalue weighted by atomic mass is 16.2. The third-order valence-corrected chi connectivity index (χ3v) is 3.21. The van der Waals surface area contributed by atoms with Crippen LogP contribution in [0.4, 0.5) is 10.5 Å². The van der Waals surface area contributed by atoms with Gasteiger partial charge in [-0.2, -0.15) is 0 Å². The molecule has 5 heteroatoms. The molecule has 18 heavy (non-hydrogen) atoms. The van der Waals surface area contributed by atoms with Crippen molar-refractivity contribution >= 4 is 17.7 Å². The summed E-state index contributed by atoms with van der Waals surface area (Å²) in [5, 5.41) is 7.69. The minimum Gasteiger partial charge on any atom is -0.337 e. The van der Waals surface area contributed by atoms with Gasteiger partial charge in [0.15, 0.2) is 5.69 Å². The molecular weight excluding hydrogens is 228 g/mol. The van der Waals surface area contributed by atoms with E-state index in [2.05, 4.69) is 6.92 Å². The van der Waals surface area contributed by atoms with Gasteiger partial charge in [0.1, 0.15) is 0 Å². The number of amides is 2. The quantitative estimate of drug-likeness (QED) is 0.433. The van der Waals surface area contributed by atoms with Gasteiger partial charge in [-0.05, 0) is 13.3 Å². The topological polar surface area (TPSA) is 93.0 Å². The molecule has 0 saturated heterocycles. The molecule has 0 radical (unpaired) electrons. The molecule has 1 rings (SSSR count). The molecule has 1 unspecified atom stereocenters. The molecule has 0 bridgehead atoms. The number of urea groups is 1. The Kier molecular flexibility index (Phi) is 4.08. The van der Waals surface area contributed by atoms with Crippen molar-refractivity contribution in [3.05, 3.63) is 29.3 Å². The second-order valence-electron chi connectivity index (χ2n) is 4.56. The summed E-state index contributed by atoms with van der Waals surface area (Å²) in [6.45, 7) is 3.96. The number of para-hydroxylation sites is 1. The van der Waals surface area contributed by atoms with E-state index in [-0.39, 0.29) is 5.96 Å². The van der Waals surface area contributed by atoms with Crippen molar-refractivity contribution in [2.45, 2.75) is 26.7 Å². The number of nitrogens with two attached hydrogens (primary N) is 2. The standard InChI is InChI=1S/C13H20N4O/c1-4-6-10-8-5-7-9(2)11(10)17(3,12(14)15)13(16)18/h5,7-8H,4,6H2,1-3H3,(H4-,14,15,16,18)/p+1. The molecule has 0 aromatic heterocycles. The highest BCUT2D eigenvalue weighted by Gasteiger charge is 2.39. The van der Waals surface area contributed by atoms with Crippen LogP contribution in [0.3, 0.4) is 0 Å². The number of aryl methyl sites for hydroxylation is 2. The van der Waals surface area contributed by atoms with Crippen LogP contribution in [-0.2, 0) is 6.42 Å². The number of primary amides is 1. The van der Waals surface area contributed by atoms with E-state index in [4.69, 9.17) is 16.9 Å². The van der Waals surface area contributed by atoms with Gasteiger partial charge in [-0.25, -0.2) is 10.2 Å². The highest BCUT2D eigenvalue weighted by molar-refractivity contribution is 6.07. The number of carbonyl (C=O) groups is 1. The second-order valence-corrected chi connectivity index (χ2v) is 4.56. The van der Waals surface area contributed by atoms with Crippen molar-refractivity contribution in [1.29, 1.82) is 5.41 Å². The zero-order valence-corrected chi connectivity index (χ0v) is 11.2. The normalized spacial score (nSPS) is 13.9. The molecule has 0 aliphatic heterocycles. The van der Waals surface area contributed by atoms with Gasteiger partial charge in [-0.3, -0.25) is 0 Å². The molecular formula is C13H21N4O+. The molecule has 0 aliphatic carbocycles. The van der Waals surface area contributed by atoms with Gasteiger partial charge < -0.3 is 11.5 Å². The van der Waals surface area contributed by atoms with Crippen LogP contribution in [-0.4, -0.2) is 19.0 Å². The second kappa shape index (κ2) is 5.18. The average molecular weight is 249 g/mol. The van der Waals surface area contributed by atoms with Crippen LogP contribution < -0.4 is 16.0 Å². The Balaban J connectivity index is 3.55.